The average molecular weight is 313 g/mol. The number of hydrogen-bond acceptors (Lipinski definition) is 6. The number of hydrogen-bond donors (Lipinski definition) is 5. The van der Waals surface area contributed by atoms with E-state index in [1.54, 1.807) is 0 Å². The van der Waals surface area contributed by atoms with Crippen LogP contribution in [-0.2, 0) is 14.3 Å². The summed E-state index contributed by atoms with van der Waals surface area (Å²) in [7, 11) is 0. The Morgan fingerprint density at radius 2 is 2.05 bits per heavy atom. The molecule has 6 atom stereocenters. The van der Waals surface area contributed by atoms with E-state index in [9.17, 15) is 28.6 Å². The van der Waals surface area contributed by atoms with Gasteiger partial charge in [0.05, 0.1) is 12.6 Å². The van der Waals surface area contributed by atoms with Gasteiger partial charge in [0.1, 0.15) is 18.3 Å². The van der Waals surface area contributed by atoms with Crippen LogP contribution >= 0.6 is 0 Å². The number of aliphatic hydroxyl groups is 3. The van der Waals surface area contributed by atoms with E-state index in [1.807, 2.05) is 0 Å². The van der Waals surface area contributed by atoms with Crippen molar-refractivity contribution in [1.82, 2.24) is 5.32 Å². The highest BCUT2D eigenvalue weighted by Gasteiger charge is 2.58. The van der Waals surface area contributed by atoms with Crippen molar-refractivity contribution in [3.63, 3.8) is 0 Å². The summed E-state index contributed by atoms with van der Waals surface area (Å²) < 4.78 is 32.2. The minimum atomic E-state index is -3.71. The Balaban J connectivity index is 3.05. The molecular weight excluding hydrogens is 296 g/mol. The lowest BCUT2D eigenvalue weighted by atomic mass is 9.90. The highest BCUT2D eigenvalue weighted by atomic mass is 19.2. The van der Waals surface area contributed by atoms with Crippen molar-refractivity contribution >= 4 is 11.9 Å². The third-order valence-corrected chi connectivity index (χ3v) is 3.17. The van der Waals surface area contributed by atoms with Crippen LogP contribution in [0.3, 0.4) is 0 Å². The van der Waals surface area contributed by atoms with Gasteiger partial charge in [-0.05, 0) is 0 Å². The van der Waals surface area contributed by atoms with Crippen molar-refractivity contribution in [2.24, 2.45) is 0 Å². The molecule has 1 aliphatic heterocycles. The fourth-order valence-electron chi connectivity index (χ4n) is 2.08. The van der Waals surface area contributed by atoms with Gasteiger partial charge in [-0.25, -0.2) is 9.18 Å². The molecule has 0 saturated carbocycles. The van der Waals surface area contributed by atoms with Crippen molar-refractivity contribution in [3.05, 3.63) is 0 Å². The van der Waals surface area contributed by atoms with Crippen molar-refractivity contribution in [3.8, 4) is 0 Å². The standard InChI is InChI=1S/C11H17F2NO7/c1-4(16)14-5-2-7(12)11(13,10(19)20)21-9(5)8(18)6(17)3-15/h5-9,15,17-18H,2-3H2,1H3,(H,14,16)(H,19,20)/t5-,6+,7?,8-,9?,11?/m0/s1. The van der Waals surface area contributed by atoms with Gasteiger partial charge in [-0.2, -0.15) is 4.39 Å². The summed E-state index contributed by atoms with van der Waals surface area (Å²) >= 11 is 0. The van der Waals surface area contributed by atoms with Gasteiger partial charge in [0.2, 0.25) is 5.91 Å². The van der Waals surface area contributed by atoms with Gasteiger partial charge in [0, 0.05) is 13.3 Å². The summed E-state index contributed by atoms with van der Waals surface area (Å²) in [5, 5.41) is 38.8. The molecule has 1 fully saturated rings. The van der Waals surface area contributed by atoms with Crippen molar-refractivity contribution in [2.75, 3.05) is 6.61 Å². The number of aliphatic hydroxyl groups excluding tert-OH is 3. The number of nitrogens with one attached hydrogen (secondary N) is 1. The molecule has 0 spiro atoms. The predicted octanol–water partition coefficient (Wildman–Crippen LogP) is -1.92. The zero-order chi connectivity index (χ0) is 16.4. The van der Waals surface area contributed by atoms with E-state index in [0.717, 1.165) is 6.92 Å². The van der Waals surface area contributed by atoms with Gasteiger partial charge in [0.25, 0.3) is 0 Å². The quantitative estimate of drug-likeness (QED) is 0.399. The van der Waals surface area contributed by atoms with E-state index in [2.05, 4.69) is 10.1 Å². The molecule has 1 amide bonds. The number of carboxylic acid groups (broad SMARTS) is 1. The van der Waals surface area contributed by atoms with Crippen LogP contribution in [-0.4, -0.2) is 75.3 Å². The first-order valence-corrected chi connectivity index (χ1v) is 6.11. The molecule has 3 unspecified atom stereocenters. The summed E-state index contributed by atoms with van der Waals surface area (Å²) in [6.07, 6.45) is -8.80. The number of ether oxygens (including phenoxy) is 1. The molecule has 0 aromatic carbocycles. The van der Waals surface area contributed by atoms with Crippen LogP contribution in [0, 0.1) is 0 Å². The first-order valence-electron chi connectivity index (χ1n) is 6.11. The Hall–Kier alpha value is -1.36. The first kappa shape index (κ1) is 17.7. The molecule has 8 nitrogen and oxygen atoms in total. The second-order valence-corrected chi connectivity index (χ2v) is 4.78. The summed E-state index contributed by atoms with van der Waals surface area (Å²) in [5.41, 5.74) is 0. The van der Waals surface area contributed by atoms with E-state index in [4.69, 9.17) is 10.2 Å². The molecule has 21 heavy (non-hydrogen) atoms. The Kier molecular flexibility index (Phi) is 5.56. The molecule has 10 heteroatoms. The fraction of sp³-hybridized carbons (Fsp3) is 0.818. The van der Waals surface area contributed by atoms with Crippen LogP contribution in [0.25, 0.3) is 0 Å². The number of aliphatic carboxylic acids is 1. The number of alkyl halides is 2. The number of carboxylic acids is 1. The van der Waals surface area contributed by atoms with Gasteiger partial charge >= 0.3 is 11.8 Å². The Morgan fingerprint density at radius 3 is 2.48 bits per heavy atom. The number of rotatable bonds is 5. The number of carbonyl (C=O) groups excluding carboxylic acids is 1. The van der Waals surface area contributed by atoms with Gasteiger partial charge in [0.15, 0.2) is 6.17 Å². The van der Waals surface area contributed by atoms with Crippen LogP contribution in [0.4, 0.5) is 8.78 Å². The Morgan fingerprint density at radius 1 is 1.48 bits per heavy atom. The number of carbonyl (C=O) groups is 2. The number of halogens is 2. The largest absolute Gasteiger partial charge is 0.477 e. The van der Waals surface area contributed by atoms with Gasteiger partial charge in [-0.3, -0.25) is 4.79 Å². The molecule has 122 valence electrons. The monoisotopic (exact) mass is 313 g/mol. The molecule has 0 aromatic rings. The second kappa shape index (κ2) is 6.60. The van der Waals surface area contributed by atoms with Crippen LogP contribution < -0.4 is 5.32 Å². The maximum atomic E-state index is 14.0. The third kappa shape index (κ3) is 3.64. The van der Waals surface area contributed by atoms with Gasteiger partial charge < -0.3 is 30.5 Å². The van der Waals surface area contributed by atoms with E-state index >= 15 is 0 Å². The molecule has 1 saturated heterocycles. The third-order valence-electron chi connectivity index (χ3n) is 3.17. The molecule has 1 aliphatic rings. The average Bonchev–Trinajstić information content (AvgIpc) is 2.40. The van der Waals surface area contributed by atoms with Crippen LogP contribution in [0.15, 0.2) is 0 Å². The highest BCUT2D eigenvalue weighted by molar-refractivity contribution is 5.77. The Labute approximate surface area is 118 Å². The lowest BCUT2D eigenvalue weighted by Crippen LogP contribution is -2.64. The molecule has 0 radical (unpaired) electrons. The normalized spacial score (nSPS) is 35.8. The number of amides is 1. The minimum absolute atomic E-state index is 0.645. The van der Waals surface area contributed by atoms with E-state index in [1.165, 1.54) is 0 Å². The first-order chi connectivity index (χ1) is 9.63. The molecule has 1 heterocycles. The zero-order valence-electron chi connectivity index (χ0n) is 11.1. The van der Waals surface area contributed by atoms with Crippen molar-refractivity contribution in [1.29, 1.82) is 0 Å². The smallest absolute Gasteiger partial charge is 0.372 e. The molecule has 0 aliphatic carbocycles. The topological polar surface area (TPSA) is 136 Å². The van der Waals surface area contributed by atoms with E-state index in [0.29, 0.717) is 0 Å². The van der Waals surface area contributed by atoms with E-state index in [-0.39, 0.29) is 0 Å². The van der Waals surface area contributed by atoms with Gasteiger partial charge in [-0.1, -0.05) is 0 Å². The minimum Gasteiger partial charge on any atom is -0.477 e. The maximum absolute atomic E-state index is 14.0. The summed E-state index contributed by atoms with van der Waals surface area (Å²) in [6.45, 7) is 0.160. The summed E-state index contributed by atoms with van der Waals surface area (Å²) in [5.74, 6) is -6.59. The summed E-state index contributed by atoms with van der Waals surface area (Å²) in [4.78, 5) is 21.8. The molecular formula is C11H17F2NO7. The van der Waals surface area contributed by atoms with E-state index < -0.39 is 61.3 Å². The Bertz CT molecular complexity index is 410. The molecule has 0 aromatic heterocycles. The SMILES string of the molecule is CC(=O)N[C@H]1CC(F)C(F)(C(=O)O)OC1[C@@H](O)[C@H](O)CO. The van der Waals surface area contributed by atoms with Crippen LogP contribution in [0.2, 0.25) is 0 Å². The molecule has 5 N–H and O–H groups in total. The lowest BCUT2D eigenvalue weighted by molar-refractivity contribution is -0.272. The highest BCUT2D eigenvalue weighted by Crippen LogP contribution is 2.35. The fourth-order valence-corrected chi connectivity index (χ4v) is 2.08. The van der Waals surface area contributed by atoms with Crippen LogP contribution in [0.1, 0.15) is 13.3 Å². The maximum Gasteiger partial charge on any atom is 0.372 e. The molecule has 1 rings (SSSR count). The van der Waals surface area contributed by atoms with Crippen LogP contribution in [0.5, 0.6) is 0 Å². The molecule has 0 bridgehead atoms. The predicted molar refractivity (Wildman–Crippen MR) is 62.6 cm³/mol. The van der Waals surface area contributed by atoms with Crippen molar-refractivity contribution in [2.45, 2.75) is 49.7 Å². The second-order valence-electron chi connectivity index (χ2n) is 4.78. The summed E-state index contributed by atoms with van der Waals surface area (Å²) in [6, 6.07) is -1.27. The zero-order valence-corrected chi connectivity index (χ0v) is 11.1. The van der Waals surface area contributed by atoms with Gasteiger partial charge in [-0.15, -0.1) is 0 Å². The van der Waals surface area contributed by atoms with Crippen molar-refractivity contribution < 1.29 is 43.5 Å². The lowest BCUT2D eigenvalue weighted by Gasteiger charge is -2.42.